The normalized spacial score (nSPS) is 17.3. The lowest BCUT2D eigenvalue weighted by Crippen LogP contribution is -2.40. The van der Waals surface area contributed by atoms with E-state index in [1.54, 1.807) is 30.6 Å². The van der Waals surface area contributed by atoms with Crippen LogP contribution in [-0.4, -0.2) is 53.3 Å². The first-order valence-corrected chi connectivity index (χ1v) is 12.9. The molecule has 1 fully saturated rings. The number of amides is 1. The highest BCUT2D eigenvalue weighted by molar-refractivity contribution is 7.91. The van der Waals surface area contributed by atoms with Crippen LogP contribution in [0, 0.1) is 5.82 Å². The van der Waals surface area contributed by atoms with Crippen molar-refractivity contribution in [3.63, 3.8) is 0 Å². The molecule has 0 saturated carbocycles. The molecule has 6 rings (SSSR count). The second kappa shape index (κ2) is 7.85. The van der Waals surface area contributed by atoms with Crippen LogP contribution in [-0.2, 0) is 21.1 Å². The van der Waals surface area contributed by atoms with Crippen molar-refractivity contribution >= 4 is 32.9 Å². The smallest absolute Gasteiger partial charge is 0.245 e. The summed E-state index contributed by atoms with van der Waals surface area (Å²) in [5.74, 6) is 6.05. The highest BCUT2D eigenvalue weighted by atomic mass is 32.2. The molecule has 2 aromatic heterocycles. The highest BCUT2D eigenvalue weighted by Gasteiger charge is 2.28. The maximum Gasteiger partial charge on any atom is 0.245 e. The molecule has 0 spiro atoms. The predicted octanol–water partition coefficient (Wildman–Crippen LogP) is 2.20. The molecule has 11 heteroatoms. The molecule has 35 heavy (non-hydrogen) atoms. The molecule has 9 nitrogen and oxygen atoms in total. The van der Waals surface area contributed by atoms with Crippen LogP contribution in [0.2, 0.25) is 0 Å². The number of rotatable bonds is 3. The first-order chi connectivity index (χ1) is 16.8. The SMILES string of the molecule is NN1C(=O)Cc2cc(-c3c(-c4ccc(F)cc4)nc4c(N5CCS(=O)(=O)CC5)nccn34)ccc21. The summed E-state index contributed by atoms with van der Waals surface area (Å²) in [6.07, 6.45) is 3.66. The van der Waals surface area contributed by atoms with E-state index in [2.05, 4.69) is 4.98 Å². The van der Waals surface area contributed by atoms with Gasteiger partial charge in [0, 0.05) is 36.6 Å². The van der Waals surface area contributed by atoms with Gasteiger partial charge in [0.1, 0.15) is 5.82 Å². The Morgan fingerprint density at radius 3 is 2.46 bits per heavy atom. The predicted molar refractivity (Wildman–Crippen MR) is 130 cm³/mol. The Morgan fingerprint density at radius 2 is 1.71 bits per heavy atom. The molecule has 178 valence electrons. The van der Waals surface area contributed by atoms with Gasteiger partial charge >= 0.3 is 0 Å². The third-order valence-corrected chi connectivity index (χ3v) is 8.12. The van der Waals surface area contributed by atoms with E-state index in [1.807, 2.05) is 21.4 Å². The summed E-state index contributed by atoms with van der Waals surface area (Å²) in [6, 6.07) is 11.7. The van der Waals surface area contributed by atoms with Crippen LogP contribution in [0.5, 0.6) is 0 Å². The zero-order valence-electron chi connectivity index (χ0n) is 18.6. The fourth-order valence-corrected chi connectivity index (χ4v) is 5.89. The lowest BCUT2D eigenvalue weighted by molar-refractivity contribution is -0.117. The lowest BCUT2D eigenvalue weighted by Gasteiger charge is -2.27. The first-order valence-electron chi connectivity index (χ1n) is 11.1. The molecular formula is C24H21FN6O3S. The summed E-state index contributed by atoms with van der Waals surface area (Å²) in [7, 11) is -3.06. The van der Waals surface area contributed by atoms with Crippen LogP contribution in [0.4, 0.5) is 15.9 Å². The lowest BCUT2D eigenvalue weighted by atomic mass is 10.0. The van der Waals surface area contributed by atoms with Crippen LogP contribution in [0.25, 0.3) is 28.2 Å². The molecule has 4 heterocycles. The second-order valence-corrected chi connectivity index (χ2v) is 11.0. The van der Waals surface area contributed by atoms with E-state index in [4.69, 9.17) is 10.8 Å². The van der Waals surface area contributed by atoms with Gasteiger partial charge in [0.05, 0.1) is 35.0 Å². The largest absolute Gasteiger partial charge is 0.351 e. The van der Waals surface area contributed by atoms with E-state index in [-0.39, 0.29) is 29.7 Å². The maximum atomic E-state index is 13.7. The highest BCUT2D eigenvalue weighted by Crippen LogP contribution is 2.38. The van der Waals surface area contributed by atoms with Gasteiger partial charge in [-0.3, -0.25) is 9.20 Å². The topological polar surface area (TPSA) is 114 Å². The summed E-state index contributed by atoms with van der Waals surface area (Å²) in [6.45, 7) is 0.659. The average molecular weight is 493 g/mol. The Kier molecular flexibility index (Phi) is 4.87. The zero-order valence-corrected chi connectivity index (χ0v) is 19.4. The van der Waals surface area contributed by atoms with Gasteiger partial charge in [-0.25, -0.2) is 33.6 Å². The van der Waals surface area contributed by atoms with Gasteiger partial charge in [0.2, 0.25) is 5.91 Å². The van der Waals surface area contributed by atoms with Gasteiger partial charge in [-0.2, -0.15) is 0 Å². The van der Waals surface area contributed by atoms with E-state index in [0.29, 0.717) is 41.5 Å². The standard InChI is InChI=1S/C24H21FN6O3S/c25-18-4-1-15(2-5-18)21-22(16-3-6-19-17(13-16)14-20(32)31(19)26)30-8-7-27-23(24(30)28-21)29-9-11-35(33,34)12-10-29/h1-8,13H,9-12,14,26H2. The molecule has 2 N–H and O–H groups in total. The summed E-state index contributed by atoms with van der Waals surface area (Å²) in [5.41, 5.74) is 4.95. The van der Waals surface area contributed by atoms with Crippen LogP contribution in [0.1, 0.15) is 5.56 Å². The molecule has 2 aromatic carbocycles. The Labute approximate surface area is 200 Å². The number of aromatic nitrogens is 3. The van der Waals surface area contributed by atoms with Gasteiger partial charge in [-0.15, -0.1) is 0 Å². The summed E-state index contributed by atoms with van der Waals surface area (Å²) >= 11 is 0. The quantitative estimate of drug-likeness (QED) is 0.345. The third-order valence-electron chi connectivity index (χ3n) is 6.51. The van der Waals surface area contributed by atoms with Gasteiger partial charge < -0.3 is 4.90 Å². The number of hydrazine groups is 1. The molecule has 1 amide bonds. The Balaban J connectivity index is 1.55. The van der Waals surface area contributed by atoms with E-state index in [0.717, 1.165) is 21.8 Å². The van der Waals surface area contributed by atoms with Gasteiger partial charge in [-0.1, -0.05) is 6.07 Å². The van der Waals surface area contributed by atoms with Crippen molar-refractivity contribution in [1.29, 1.82) is 0 Å². The fraction of sp³-hybridized carbons (Fsp3) is 0.208. The van der Waals surface area contributed by atoms with Crippen molar-refractivity contribution < 1.29 is 17.6 Å². The number of halogens is 1. The number of anilines is 2. The van der Waals surface area contributed by atoms with Gasteiger partial charge in [0.15, 0.2) is 21.3 Å². The van der Waals surface area contributed by atoms with E-state index < -0.39 is 9.84 Å². The van der Waals surface area contributed by atoms with Crippen molar-refractivity contribution in [2.45, 2.75) is 6.42 Å². The summed E-state index contributed by atoms with van der Waals surface area (Å²) in [4.78, 5) is 23.5. The summed E-state index contributed by atoms with van der Waals surface area (Å²) in [5, 5.41) is 1.15. The fourth-order valence-electron chi connectivity index (χ4n) is 4.69. The molecule has 0 aliphatic carbocycles. The number of nitrogens with two attached hydrogens (primary N) is 1. The van der Waals surface area contributed by atoms with E-state index >= 15 is 0 Å². The number of carbonyl (C=O) groups excluding carboxylic acids is 1. The minimum Gasteiger partial charge on any atom is -0.351 e. The van der Waals surface area contributed by atoms with Crippen molar-refractivity contribution in [2.24, 2.45) is 5.84 Å². The minimum absolute atomic E-state index is 0.0581. The summed E-state index contributed by atoms with van der Waals surface area (Å²) < 4.78 is 39.5. The maximum absolute atomic E-state index is 13.7. The molecule has 0 bridgehead atoms. The molecule has 0 atom stereocenters. The van der Waals surface area contributed by atoms with Gasteiger partial charge in [0.25, 0.3) is 0 Å². The molecule has 4 aromatic rings. The van der Waals surface area contributed by atoms with Gasteiger partial charge in [-0.05, 0) is 42.0 Å². The number of benzene rings is 2. The number of nitrogens with zero attached hydrogens (tertiary/aromatic N) is 5. The third kappa shape index (κ3) is 3.63. The van der Waals surface area contributed by atoms with Crippen molar-refractivity contribution in [3.05, 3.63) is 66.2 Å². The van der Waals surface area contributed by atoms with Crippen LogP contribution in [0.3, 0.4) is 0 Å². The molecule has 1 saturated heterocycles. The molecule has 2 aliphatic heterocycles. The number of carbonyl (C=O) groups is 1. The molecule has 2 aliphatic rings. The second-order valence-electron chi connectivity index (χ2n) is 8.68. The molecule has 0 unspecified atom stereocenters. The molecular weight excluding hydrogens is 471 g/mol. The minimum atomic E-state index is -3.06. The molecule has 0 radical (unpaired) electrons. The van der Waals surface area contributed by atoms with Crippen LogP contribution in [0.15, 0.2) is 54.9 Å². The Morgan fingerprint density at radius 1 is 1.00 bits per heavy atom. The monoisotopic (exact) mass is 492 g/mol. The van der Waals surface area contributed by atoms with Crippen molar-refractivity contribution in [2.75, 3.05) is 34.5 Å². The number of imidazole rings is 1. The number of fused-ring (bicyclic) bond motifs is 2. The zero-order chi connectivity index (χ0) is 24.3. The van der Waals surface area contributed by atoms with Crippen molar-refractivity contribution in [3.8, 4) is 22.5 Å². The first kappa shape index (κ1) is 21.7. The van der Waals surface area contributed by atoms with E-state index in [1.165, 1.54) is 12.1 Å². The average Bonchev–Trinajstić information content (AvgIpc) is 3.36. The Hall–Kier alpha value is -3.83. The number of hydrogen-bond acceptors (Lipinski definition) is 7. The number of hydrogen-bond donors (Lipinski definition) is 1. The van der Waals surface area contributed by atoms with Crippen molar-refractivity contribution in [1.82, 2.24) is 14.4 Å². The van der Waals surface area contributed by atoms with Crippen LogP contribution >= 0.6 is 0 Å². The van der Waals surface area contributed by atoms with E-state index in [9.17, 15) is 17.6 Å². The number of sulfone groups is 1. The Bertz CT molecular complexity index is 1590. The van der Waals surface area contributed by atoms with Crippen LogP contribution < -0.4 is 15.8 Å².